The van der Waals surface area contributed by atoms with Crippen molar-refractivity contribution in [3.05, 3.63) is 53.6 Å². The van der Waals surface area contributed by atoms with E-state index in [-0.39, 0.29) is 15.5 Å². The van der Waals surface area contributed by atoms with Gasteiger partial charge in [0.15, 0.2) is 0 Å². The molecule has 0 spiro atoms. The lowest BCUT2D eigenvalue weighted by Crippen LogP contribution is -2.12. The lowest BCUT2D eigenvalue weighted by Gasteiger charge is -2.08. The van der Waals surface area contributed by atoms with Crippen molar-refractivity contribution < 1.29 is 21.4 Å². The molecular formula is C12H10ClNO5S2. The molecule has 0 saturated heterocycles. The van der Waals surface area contributed by atoms with Crippen LogP contribution in [0.2, 0.25) is 5.02 Å². The molecule has 6 nitrogen and oxygen atoms in total. The van der Waals surface area contributed by atoms with Gasteiger partial charge >= 0.3 is 0 Å². The highest BCUT2D eigenvalue weighted by atomic mass is 35.5. The van der Waals surface area contributed by atoms with Gasteiger partial charge in [0.25, 0.3) is 20.1 Å². The summed E-state index contributed by atoms with van der Waals surface area (Å²) in [7, 11) is -8.11. The van der Waals surface area contributed by atoms with Crippen LogP contribution in [0.15, 0.2) is 58.3 Å². The SMILES string of the molecule is O=S(=O)(O)c1ccc(NS(=O)(=O)c2ccc(Cl)cc2)cc1. The fourth-order valence-electron chi connectivity index (χ4n) is 1.52. The topological polar surface area (TPSA) is 101 Å². The first kappa shape index (κ1) is 15.8. The highest BCUT2D eigenvalue weighted by Crippen LogP contribution is 2.19. The molecule has 0 atom stereocenters. The lowest BCUT2D eigenvalue weighted by molar-refractivity contribution is 0.483. The number of hydrogen-bond acceptors (Lipinski definition) is 4. The van der Waals surface area contributed by atoms with E-state index in [2.05, 4.69) is 4.72 Å². The van der Waals surface area contributed by atoms with Crippen molar-refractivity contribution in [1.82, 2.24) is 0 Å². The van der Waals surface area contributed by atoms with Crippen LogP contribution in [0.4, 0.5) is 5.69 Å². The Bertz CT molecular complexity index is 844. The van der Waals surface area contributed by atoms with Crippen molar-refractivity contribution in [2.24, 2.45) is 0 Å². The third-order valence-corrected chi connectivity index (χ3v) is 5.05. The molecule has 9 heteroatoms. The Morgan fingerprint density at radius 3 is 1.76 bits per heavy atom. The van der Waals surface area contributed by atoms with E-state index in [0.29, 0.717) is 5.02 Å². The monoisotopic (exact) mass is 347 g/mol. The van der Waals surface area contributed by atoms with Crippen molar-refractivity contribution in [2.45, 2.75) is 9.79 Å². The smallest absolute Gasteiger partial charge is 0.282 e. The fraction of sp³-hybridized carbons (Fsp3) is 0. The Kier molecular flexibility index (Phi) is 4.24. The van der Waals surface area contributed by atoms with Crippen LogP contribution in [0, 0.1) is 0 Å². The van der Waals surface area contributed by atoms with Crippen LogP contribution < -0.4 is 4.72 Å². The van der Waals surface area contributed by atoms with E-state index in [1.807, 2.05) is 0 Å². The molecule has 2 aromatic carbocycles. The van der Waals surface area contributed by atoms with Crippen molar-refractivity contribution in [2.75, 3.05) is 4.72 Å². The second kappa shape index (κ2) is 5.64. The Labute approximate surface area is 127 Å². The van der Waals surface area contributed by atoms with E-state index in [9.17, 15) is 16.8 Å². The number of anilines is 1. The summed E-state index contributed by atoms with van der Waals surface area (Å²) in [6, 6.07) is 10.2. The van der Waals surface area contributed by atoms with Gasteiger partial charge < -0.3 is 0 Å². The molecule has 0 amide bonds. The first-order valence-corrected chi connectivity index (χ1v) is 8.84. The number of sulfonamides is 1. The molecule has 0 aromatic heterocycles. The molecule has 0 unspecified atom stereocenters. The first-order valence-electron chi connectivity index (χ1n) is 5.54. The van der Waals surface area contributed by atoms with Gasteiger partial charge in [-0.25, -0.2) is 8.42 Å². The largest absolute Gasteiger partial charge is 0.294 e. The van der Waals surface area contributed by atoms with Crippen LogP contribution in [0.1, 0.15) is 0 Å². The molecule has 0 radical (unpaired) electrons. The standard InChI is InChI=1S/C12H10ClNO5S2/c13-9-1-5-11(6-2-9)20(15,16)14-10-3-7-12(8-4-10)21(17,18)19/h1-8,14H,(H,17,18,19). The van der Waals surface area contributed by atoms with E-state index in [1.54, 1.807) is 0 Å². The van der Waals surface area contributed by atoms with Crippen LogP contribution >= 0.6 is 11.6 Å². The van der Waals surface area contributed by atoms with Crippen LogP contribution in [0.5, 0.6) is 0 Å². The van der Waals surface area contributed by atoms with Gasteiger partial charge in [-0.05, 0) is 48.5 Å². The quantitative estimate of drug-likeness (QED) is 0.827. The van der Waals surface area contributed by atoms with Gasteiger partial charge in [0, 0.05) is 10.7 Å². The van der Waals surface area contributed by atoms with Crippen LogP contribution in [0.25, 0.3) is 0 Å². The molecule has 0 fully saturated rings. The molecule has 2 N–H and O–H groups in total. The zero-order chi connectivity index (χ0) is 15.7. The van der Waals surface area contributed by atoms with Crippen molar-refractivity contribution in [3.8, 4) is 0 Å². The molecule has 2 aromatic rings. The molecule has 0 heterocycles. The van der Waals surface area contributed by atoms with E-state index < -0.39 is 20.1 Å². The van der Waals surface area contributed by atoms with Gasteiger partial charge in [0.1, 0.15) is 0 Å². The number of rotatable bonds is 4. The maximum absolute atomic E-state index is 12.1. The summed E-state index contributed by atoms with van der Waals surface area (Å²) in [5.74, 6) is 0. The summed E-state index contributed by atoms with van der Waals surface area (Å²) >= 11 is 5.69. The van der Waals surface area contributed by atoms with Gasteiger partial charge in [0.05, 0.1) is 9.79 Å². The summed E-state index contributed by atoms with van der Waals surface area (Å²) < 4.78 is 57.0. The minimum absolute atomic E-state index is 0.0192. The van der Waals surface area contributed by atoms with E-state index in [4.69, 9.17) is 16.2 Å². The maximum Gasteiger partial charge on any atom is 0.294 e. The summed E-state index contributed by atoms with van der Waals surface area (Å²) in [5.41, 5.74) is 0.164. The van der Waals surface area contributed by atoms with E-state index in [1.165, 1.54) is 36.4 Å². The highest BCUT2D eigenvalue weighted by Gasteiger charge is 2.15. The zero-order valence-electron chi connectivity index (χ0n) is 10.4. The molecule has 0 aliphatic carbocycles. The van der Waals surface area contributed by atoms with Gasteiger partial charge in [-0.3, -0.25) is 9.27 Å². The molecule has 112 valence electrons. The molecule has 0 saturated carbocycles. The summed E-state index contributed by atoms with van der Waals surface area (Å²) in [6.45, 7) is 0. The number of benzene rings is 2. The Balaban J connectivity index is 2.27. The first-order chi connectivity index (χ1) is 9.68. The van der Waals surface area contributed by atoms with Gasteiger partial charge in [-0.1, -0.05) is 11.6 Å². The molecule has 2 rings (SSSR count). The molecule has 0 aliphatic rings. The highest BCUT2D eigenvalue weighted by molar-refractivity contribution is 7.92. The number of hydrogen-bond donors (Lipinski definition) is 2. The van der Waals surface area contributed by atoms with Crippen molar-refractivity contribution >= 4 is 37.4 Å². The van der Waals surface area contributed by atoms with Gasteiger partial charge in [-0.15, -0.1) is 0 Å². The minimum atomic E-state index is -4.31. The molecule has 0 aliphatic heterocycles. The van der Waals surface area contributed by atoms with E-state index in [0.717, 1.165) is 12.1 Å². The second-order valence-electron chi connectivity index (χ2n) is 4.06. The second-order valence-corrected chi connectivity index (χ2v) is 7.60. The normalized spacial score (nSPS) is 12.1. The minimum Gasteiger partial charge on any atom is -0.282 e. The molecular weight excluding hydrogens is 338 g/mol. The maximum atomic E-state index is 12.1. The summed E-state index contributed by atoms with van der Waals surface area (Å²) in [6.07, 6.45) is 0. The number of nitrogens with one attached hydrogen (secondary N) is 1. The predicted octanol–water partition coefficient (Wildman–Crippen LogP) is 2.39. The van der Waals surface area contributed by atoms with Gasteiger partial charge in [-0.2, -0.15) is 8.42 Å². The third kappa shape index (κ3) is 3.94. The summed E-state index contributed by atoms with van der Waals surface area (Å²) in [5, 5.41) is 0.409. The van der Waals surface area contributed by atoms with Crippen LogP contribution in [-0.4, -0.2) is 21.4 Å². The summed E-state index contributed by atoms with van der Waals surface area (Å²) in [4.78, 5) is -0.303. The number of halogens is 1. The predicted molar refractivity (Wildman–Crippen MR) is 78.5 cm³/mol. The van der Waals surface area contributed by atoms with Crippen LogP contribution in [-0.2, 0) is 20.1 Å². The fourth-order valence-corrected chi connectivity index (χ4v) is 3.19. The van der Waals surface area contributed by atoms with E-state index >= 15 is 0 Å². The third-order valence-electron chi connectivity index (χ3n) is 2.53. The van der Waals surface area contributed by atoms with Crippen LogP contribution in [0.3, 0.4) is 0 Å². The average Bonchev–Trinajstić information content (AvgIpc) is 2.38. The lowest BCUT2D eigenvalue weighted by atomic mass is 10.3. The van der Waals surface area contributed by atoms with Crippen molar-refractivity contribution in [3.63, 3.8) is 0 Å². The zero-order valence-corrected chi connectivity index (χ0v) is 12.8. The van der Waals surface area contributed by atoms with Crippen molar-refractivity contribution in [1.29, 1.82) is 0 Å². The Morgan fingerprint density at radius 2 is 1.29 bits per heavy atom. The Hall–Kier alpha value is -1.61. The molecule has 21 heavy (non-hydrogen) atoms. The molecule has 0 bridgehead atoms. The average molecular weight is 348 g/mol. The Morgan fingerprint density at radius 1 is 0.810 bits per heavy atom. The van der Waals surface area contributed by atoms with Gasteiger partial charge in [0.2, 0.25) is 0 Å².